The third-order valence-electron chi connectivity index (χ3n) is 15.7. The molecule has 0 saturated heterocycles. The molecule has 0 bridgehead atoms. The number of ether oxygens (including phenoxy) is 2. The van der Waals surface area contributed by atoms with Crippen LogP contribution in [0.1, 0.15) is 154 Å². The number of thiol groups is 1. The quantitative estimate of drug-likeness (QED) is 0.0715. The second-order valence-electron chi connectivity index (χ2n) is 22.7. The first-order chi connectivity index (χ1) is 32.7. The van der Waals surface area contributed by atoms with E-state index in [0.717, 1.165) is 80.7 Å². The maximum atomic E-state index is 12.5. The molecule has 6 aliphatic carbocycles. The van der Waals surface area contributed by atoms with Crippen LogP contribution in [0, 0.1) is 34.5 Å². The van der Waals surface area contributed by atoms with Gasteiger partial charge >= 0.3 is 12.2 Å². The highest BCUT2D eigenvalue weighted by Crippen LogP contribution is 2.63. The van der Waals surface area contributed by atoms with E-state index in [9.17, 15) is 19.8 Å². The fraction of sp³-hybridized carbons (Fsp3) is 0.655. The van der Waals surface area contributed by atoms with E-state index in [4.69, 9.17) is 9.47 Å². The number of amides is 2. The van der Waals surface area contributed by atoms with Crippen molar-refractivity contribution >= 4 is 68.0 Å². The number of aromatic hydroxyl groups is 2. The summed E-state index contributed by atoms with van der Waals surface area (Å²) < 4.78 is 12.4. The lowest BCUT2D eigenvalue weighted by Gasteiger charge is -2.50. The summed E-state index contributed by atoms with van der Waals surface area (Å²) in [5, 5.41) is 26.6. The van der Waals surface area contributed by atoms with Crippen molar-refractivity contribution in [2.45, 2.75) is 171 Å². The van der Waals surface area contributed by atoms with Gasteiger partial charge in [-0.25, -0.2) is 14.6 Å². The molecule has 0 spiro atoms. The number of fused-ring (bicyclic) bond motifs is 10. The third-order valence-corrected chi connectivity index (χ3v) is 21.4. The van der Waals surface area contributed by atoms with Gasteiger partial charge in [0.05, 0.1) is 0 Å². The fourth-order valence-corrected chi connectivity index (χ4v) is 16.8. The Bertz CT molecular complexity index is 2180. The van der Waals surface area contributed by atoms with E-state index in [1.54, 1.807) is 38.6 Å². The summed E-state index contributed by atoms with van der Waals surface area (Å²) in [6.07, 6.45) is 14.4. The Morgan fingerprint density at radius 2 is 1.17 bits per heavy atom. The Kier molecular flexibility index (Phi) is 18.5. The molecule has 380 valence electrons. The molecule has 69 heavy (non-hydrogen) atoms. The predicted octanol–water partition coefficient (Wildman–Crippen LogP) is 14.4. The van der Waals surface area contributed by atoms with E-state index in [-0.39, 0.29) is 44.7 Å². The number of pyridine rings is 1. The van der Waals surface area contributed by atoms with Crippen molar-refractivity contribution in [2.75, 3.05) is 24.6 Å². The summed E-state index contributed by atoms with van der Waals surface area (Å²) in [5.74, 6) is 6.15. The van der Waals surface area contributed by atoms with Crippen LogP contribution in [0.25, 0.3) is 0 Å². The number of carbonyl (C=O) groups is 2. The van der Waals surface area contributed by atoms with Gasteiger partial charge in [0.1, 0.15) is 28.7 Å². The minimum atomic E-state index is -0.281. The Morgan fingerprint density at radius 3 is 1.62 bits per heavy atom. The molecule has 6 aliphatic rings. The molecule has 10 unspecified atom stereocenters. The number of aryl methyl sites for hydroxylation is 2. The zero-order valence-corrected chi connectivity index (χ0v) is 46.4. The molecular formula is C55H79N3O6S5. The second-order valence-corrected chi connectivity index (χ2v) is 29.8. The normalized spacial score (nSPS) is 29.6. The van der Waals surface area contributed by atoms with E-state index in [1.807, 2.05) is 53.3 Å². The van der Waals surface area contributed by atoms with Gasteiger partial charge in [-0.2, -0.15) is 12.6 Å². The minimum absolute atomic E-state index is 0.000196. The zero-order valence-electron chi connectivity index (χ0n) is 42.3. The molecule has 4 saturated carbocycles. The SMILES string of the molecule is CC(C)(C)S.CC(C)(C)SSCCNC(=O)OC1CCC2C3CCc4cc(O)ccc4C3CCC12C.CC12CCC3c4ccc(O)cc4CCC3C1CCC2OC(=O)NCCSSc1ccccn1. The van der Waals surface area contributed by atoms with E-state index in [2.05, 4.69) is 95.8 Å². The van der Waals surface area contributed by atoms with Gasteiger partial charge in [0.25, 0.3) is 0 Å². The zero-order chi connectivity index (χ0) is 49.6. The molecule has 2 aromatic carbocycles. The Hall–Kier alpha value is -2.52. The highest BCUT2D eigenvalue weighted by Gasteiger charge is 2.57. The van der Waals surface area contributed by atoms with E-state index >= 15 is 0 Å². The van der Waals surface area contributed by atoms with Gasteiger partial charge in [-0.1, -0.05) is 106 Å². The minimum Gasteiger partial charge on any atom is -0.508 e. The standard InChI is InChI=1S/C26H32N2O3S2.C25H37NO3S2.C4H10S/c1-26-12-11-20-19-8-6-18(29)16-17(19)5-7-21(20)22(26)9-10-23(26)31-25(30)28-14-15-32-33-24-4-2-3-13-27-24;1-24(2,3)31-30-14-13-26-23(28)29-22-10-9-21-20-7-5-16-15-17(27)6-8-18(16)19(20)11-12-25(21,22)4;1-4(2,3)5/h2-4,6,8,13,16,20-23,29H,5,7,9-12,14-15H2,1H3,(H,28,30);6,8,15,19-22,27H,5,7,9-14H2,1-4H3,(H,26,28);5H,1-3H3. The van der Waals surface area contributed by atoms with Crippen molar-refractivity contribution in [2.24, 2.45) is 34.5 Å². The van der Waals surface area contributed by atoms with Gasteiger partial charge in [-0.05, 0) is 182 Å². The monoisotopic (exact) mass is 1040 g/mol. The number of rotatable bonds is 11. The largest absolute Gasteiger partial charge is 0.508 e. The van der Waals surface area contributed by atoms with Gasteiger partial charge < -0.3 is 30.3 Å². The molecule has 10 atom stereocenters. The first kappa shape index (κ1) is 54.3. The van der Waals surface area contributed by atoms with Crippen molar-refractivity contribution < 1.29 is 29.3 Å². The molecule has 14 heteroatoms. The Labute approximate surface area is 434 Å². The number of aromatic nitrogens is 1. The number of carbonyl (C=O) groups excluding carboxylic acids is 2. The smallest absolute Gasteiger partial charge is 0.407 e. The van der Waals surface area contributed by atoms with E-state index in [1.165, 1.54) is 35.1 Å². The lowest BCUT2D eigenvalue weighted by Crippen LogP contribution is -2.46. The second kappa shape index (κ2) is 23.6. The number of hydrogen-bond donors (Lipinski definition) is 5. The van der Waals surface area contributed by atoms with Gasteiger partial charge in [0, 0.05) is 51.1 Å². The number of alkyl carbamates (subject to hydrolysis) is 2. The molecule has 1 aromatic heterocycles. The van der Waals surface area contributed by atoms with Crippen LogP contribution in [0.4, 0.5) is 9.59 Å². The summed E-state index contributed by atoms with van der Waals surface area (Å²) in [6.45, 7) is 18.7. The Morgan fingerprint density at radius 1 is 0.696 bits per heavy atom. The third kappa shape index (κ3) is 14.2. The van der Waals surface area contributed by atoms with Crippen molar-refractivity contribution in [1.29, 1.82) is 0 Å². The maximum Gasteiger partial charge on any atom is 0.407 e. The summed E-state index contributed by atoms with van der Waals surface area (Å²) in [5.41, 5.74) is 5.69. The topological polar surface area (TPSA) is 130 Å². The first-order valence-corrected chi connectivity index (χ1v) is 30.6. The lowest BCUT2D eigenvalue weighted by molar-refractivity contribution is -0.0314. The number of nitrogens with one attached hydrogen (secondary N) is 2. The molecular weight excluding hydrogens is 959 g/mol. The van der Waals surface area contributed by atoms with Gasteiger partial charge in [-0.15, -0.1) is 0 Å². The number of hydrogen-bond acceptors (Lipinski definition) is 12. The van der Waals surface area contributed by atoms with Crippen LogP contribution in [-0.4, -0.2) is 73.7 Å². The van der Waals surface area contributed by atoms with Crippen LogP contribution in [0.5, 0.6) is 11.5 Å². The van der Waals surface area contributed by atoms with Crippen LogP contribution in [0.3, 0.4) is 0 Å². The molecule has 4 fully saturated rings. The maximum absolute atomic E-state index is 12.5. The van der Waals surface area contributed by atoms with Crippen LogP contribution in [0.15, 0.2) is 65.8 Å². The van der Waals surface area contributed by atoms with Crippen LogP contribution < -0.4 is 10.6 Å². The molecule has 2 amide bonds. The summed E-state index contributed by atoms with van der Waals surface area (Å²) in [6, 6.07) is 17.8. The van der Waals surface area contributed by atoms with Crippen LogP contribution in [-0.2, 0) is 22.3 Å². The number of phenols is 2. The molecule has 1 heterocycles. The van der Waals surface area contributed by atoms with E-state index < -0.39 is 0 Å². The van der Waals surface area contributed by atoms with E-state index in [0.29, 0.717) is 60.1 Å². The molecule has 9 rings (SSSR count). The van der Waals surface area contributed by atoms with Gasteiger partial charge in [0.2, 0.25) is 0 Å². The molecule has 3 aromatic rings. The number of nitrogens with zero attached hydrogens (tertiary/aromatic N) is 1. The van der Waals surface area contributed by atoms with Gasteiger partial charge in [-0.3, -0.25) is 0 Å². The number of benzene rings is 2. The van der Waals surface area contributed by atoms with Gasteiger partial charge in [0.15, 0.2) is 0 Å². The predicted molar refractivity (Wildman–Crippen MR) is 293 cm³/mol. The molecule has 0 radical (unpaired) electrons. The van der Waals surface area contributed by atoms with Crippen molar-refractivity contribution in [3.63, 3.8) is 0 Å². The molecule has 0 aliphatic heterocycles. The summed E-state index contributed by atoms with van der Waals surface area (Å²) >= 11 is 4.12. The first-order valence-electron chi connectivity index (χ1n) is 25.5. The van der Waals surface area contributed by atoms with Crippen molar-refractivity contribution in [3.05, 3.63) is 83.0 Å². The molecule has 4 N–H and O–H groups in total. The lowest BCUT2D eigenvalue weighted by atomic mass is 9.55. The average molecular weight is 1040 g/mol. The van der Waals surface area contributed by atoms with Crippen LogP contribution in [0.2, 0.25) is 0 Å². The number of phenolic OH excluding ortho intramolecular Hbond substituents is 2. The summed E-state index contributed by atoms with van der Waals surface area (Å²) in [4.78, 5) is 29.3. The molecule has 9 nitrogen and oxygen atoms in total. The Balaban J connectivity index is 0.000000186. The highest BCUT2D eigenvalue weighted by atomic mass is 33.1. The summed E-state index contributed by atoms with van der Waals surface area (Å²) in [7, 11) is 6.96. The van der Waals surface area contributed by atoms with Crippen molar-refractivity contribution in [1.82, 2.24) is 15.6 Å². The average Bonchev–Trinajstić information content (AvgIpc) is 3.80. The van der Waals surface area contributed by atoms with Crippen LogP contribution >= 0.6 is 55.8 Å². The van der Waals surface area contributed by atoms with Crippen molar-refractivity contribution in [3.8, 4) is 11.5 Å². The highest BCUT2D eigenvalue weighted by molar-refractivity contribution is 8.77. The fourth-order valence-electron chi connectivity index (χ4n) is 12.9.